The summed E-state index contributed by atoms with van der Waals surface area (Å²) in [5, 5.41) is 4.50. The van der Waals surface area contributed by atoms with Crippen LogP contribution in [-0.4, -0.2) is 47.9 Å². The van der Waals surface area contributed by atoms with Gasteiger partial charge in [-0.15, -0.1) is 0 Å². The fourth-order valence-electron chi connectivity index (χ4n) is 3.03. The highest BCUT2D eigenvalue weighted by Crippen LogP contribution is 2.15. The van der Waals surface area contributed by atoms with Crippen LogP contribution < -0.4 is 5.32 Å². The molecule has 0 atom stereocenters. The van der Waals surface area contributed by atoms with E-state index in [0.717, 1.165) is 10.8 Å². The van der Waals surface area contributed by atoms with Crippen LogP contribution in [0.25, 0.3) is 10.8 Å². The molecule has 0 aliphatic rings. The van der Waals surface area contributed by atoms with Gasteiger partial charge in [0.05, 0.1) is 0 Å². The van der Waals surface area contributed by atoms with E-state index in [1.807, 2.05) is 58.0 Å². The minimum Gasteiger partial charge on any atom is -0.454 e. The second-order valence-electron chi connectivity index (χ2n) is 6.89. The number of hydrogen-bond acceptors (Lipinski definition) is 4. The van der Waals surface area contributed by atoms with Crippen LogP contribution in [0.5, 0.6) is 0 Å². The minimum absolute atomic E-state index is 0.0174. The number of nitrogens with one attached hydrogen (secondary N) is 1. The Hall–Kier alpha value is -2.89. The topological polar surface area (TPSA) is 75.7 Å². The number of rotatable bonds is 7. The van der Waals surface area contributed by atoms with Crippen LogP contribution in [0.1, 0.15) is 38.1 Å². The van der Waals surface area contributed by atoms with Gasteiger partial charge in [-0.1, -0.05) is 30.3 Å². The van der Waals surface area contributed by atoms with Crippen LogP contribution in [0, 0.1) is 0 Å². The number of carbonyl (C=O) groups excluding carboxylic acids is 3. The maximum absolute atomic E-state index is 12.2. The van der Waals surface area contributed by atoms with E-state index in [9.17, 15) is 14.4 Å². The van der Waals surface area contributed by atoms with Crippen molar-refractivity contribution < 1.29 is 19.1 Å². The third kappa shape index (κ3) is 5.54. The molecule has 0 aliphatic heterocycles. The van der Waals surface area contributed by atoms with Gasteiger partial charge >= 0.3 is 5.97 Å². The molecule has 0 unspecified atom stereocenters. The second-order valence-corrected chi connectivity index (χ2v) is 6.89. The van der Waals surface area contributed by atoms with Gasteiger partial charge in [-0.2, -0.15) is 0 Å². The normalized spacial score (nSPS) is 10.9. The van der Waals surface area contributed by atoms with Crippen molar-refractivity contribution in [3.05, 3.63) is 48.0 Å². The van der Waals surface area contributed by atoms with Gasteiger partial charge in [0.25, 0.3) is 11.8 Å². The van der Waals surface area contributed by atoms with Crippen LogP contribution in [0.2, 0.25) is 0 Å². The molecule has 0 aliphatic carbocycles. The van der Waals surface area contributed by atoms with E-state index >= 15 is 0 Å². The third-order valence-corrected chi connectivity index (χ3v) is 4.16. The quantitative estimate of drug-likeness (QED) is 0.761. The fourth-order valence-corrected chi connectivity index (χ4v) is 3.03. The summed E-state index contributed by atoms with van der Waals surface area (Å²) >= 11 is 0. The van der Waals surface area contributed by atoms with Gasteiger partial charge in [-0.3, -0.25) is 14.4 Å². The molecular weight excluding hydrogens is 344 g/mol. The summed E-state index contributed by atoms with van der Waals surface area (Å²) in [5.41, 5.74) is 0.461. The molecule has 6 nitrogen and oxygen atoms in total. The van der Waals surface area contributed by atoms with Gasteiger partial charge < -0.3 is 15.0 Å². The van der Waals surface area contributed by atoms with Crippen LogP contribution in [0.15, 0.2) is 42.5 Å². The first kappa shape index (κ1) is 20.4. The molecule has 2 aromatic carbocycles. The average Bonchev–Trinajstić information content (AvgIpc) is 2.63. The monoisotopic (exact) mass is 370 g/mol. The van der Waals surface area contributed by atoms with Gasteiger partial charge in [0, 0.05) is 17.6 Å². The van der Waals surface area contributed by atoms with Crippen molar-refractivity contribution in [2.24, 2.45) is 0 Å². The zero-order chi connectivity index (χ0) is 20.0. The lowest BCUT2D eigenvalue weighted by atomic mass is 10.1. The lowest BCUT2D eigenvalue weighted by Crippen LogP contribution is -2.44. The molecule has 2 rings (SSSR count). The predicted octanol–water partition coefficient (Wildman–Crippen LogP) is 2.76. The number of hydrogen-bond donors (Lipinski definition) is 1. The Balaban J connectivity index is 1.85. The van der Waals surface area contributed by atoms with Gasteiger partial charge in [-0.05, 0) is 50.6 Å². The second kappa shape index (κ2) is 9.16. The predicted molar refractivity (Wildman–Crippen MR) is 104 cm³/mol. The largest absolute Gasteiger partial charge is 0.454 e. The summed E-state index contributed by atoms with van der Waals surface area (Å²) in [4.78, 5) is 37.9. The lowest BCUT2D eigenvalue weighted by Gasteiger charge is -2.30. The number of fused-ring (bicyclic) bond motifs is 1. The summed E-state index contributed by atoms with van der Waals surface area (Å²) in [7, 11) is 0. The number of carbonyl (C=O) groups is 3. The molecule has 0 spiro atoms. The average molecular weight is 370 g/mol. The van der Waals surface area contributed by atoms with Gasteiger partial charge in [0.2, 0.25) is 0 Å². The minimum atomic E-state index is -0.648. The van der Waals surface area contributed by atoms with E-state index in [1.165, 1.54) is 0 Å². The van der Waals surface area contributed by atoms with E-state index in [0.29, 0.717) is 5.56 Å². The Labute approximate surface area is 159 Å². The molecular formula is C21H26N2O4. The summed E-state index contributed by atoms with van der Waals surface area (Å²) < 4.78 is 5.00. The summed E-state index contributed by atoms with van der Waals surface area (Å²) in [6, 6.07) is 13.1. The van der Waals surface area contributed by atoms with Crippen molar-refractivity contribution in [1.82, 2.24) is 10.2 Å². The van der Waals surface area contributed by atoms with Gasteiger partial charge in [-0.25, -0.2) is 0 Å². The van der Waals surface area contributed by atoms with Gasteiger partial charge in [0.15, 0.2) is 6.61 Å². The van der Waals surface area contributed by atoms with Crippen LogP contribution in [0.4, 0.5) is 0 Å². The van der Waals surface area contributed by atoms with E-state index in [2.05, 4.69) is 5.32 Å². The molecule has 144 valence electrons. The van der Waals surface area contributed by atoms with Crippen molar-refractivity contribution in [3.8, 4) is 0 Å². The third-order valence-electron chi connectivity index (χ3n) is 4.16. The Bertz CT molecular complexity index is 822. The van der Waals surface area contributed by atoms with Crippen LogP contribution in [-0.2, 0) is 14.3 Å². The lowest BCUT2D eigenvalue weighted by molar-refractivity contribution is -0.152. The van der Waals surface area contributed by atoms with E-state index in [1.54, 1.807) is 17.0 Å². The maximum Gasteiger partial charge on any atom is 0.325 e. The molecule has 2 amide bonds. The van der Waals surface area contributed by atoms with Gasteiger partial charge in [0.1, 0.15) is 6.54 Å². The molecule has 0 fully saturated rings. The first-order chi connectivity index (χ1) is 12.8. The molecule has 0 aromatic heterocycles. The highest BCUT2D eigenvalue weighted by atomic mass is 16.5. The molecule has 6 heteroatoms. The molecule has 0 saturated carbocycles. The van der Waals surface area contributed by atoms with Crippen molar-refractivity contribution in [2.45, 2.75) is 39.8 Å². The number of benzene rings is 2. The molecule has 27 heavy (non-hydrogen) atoms. The van der Waals surface area contributed by atoms with Crippen molar-refractivity contribution in [2.75, 3.05) is 13.2 Å². The zero-order valence-electron chi connectivity index (χ0n) is 16.2. The number of amides is 2. The molecule has 1 N–H and O–H groups in total. The van der Waals surface area contributed by atoms with E-state index < -0.39 is 5.97 Å². The van der Waals surface area contributed by atoms with Crippen molar-refractivity contribution >= 4 is 28.6 Å². The summed E-state index contributed by atoms with van der Waals surface area (Å²) in [5.74, 6) is -1.27. The first-order valence-corrected chi connectivity index (χ1v) is 9.03. The zero-order valence-corrected chi connectivity index (χ0v) is 16.2. The van der Waals surface area contributed by atoms with E-state index in [4.69, 9.17) is 4.74 Å². The summed E-state index contributed by atoms with van der Waals surface area (Å²) in [6.07, 6.45) is 0. The maximum atomic E-state index is 12.2. The molecule has 0 saturated heterocycles. The summed E-state index contributed by atoms with van der Waals surface area (Å²) in [6.45, 7) is 7.00. The molecule has 0 heterocycles. The Morgan fingerprint density at radius 2 is 1.59 bits per heavy atom. The highest BCUT2D eigenvalue weighted by molar-refractivity contribution is 5.99. The van der Waals surface area contributed by atoms with Crippen molar-refractivity contribution in [3.63, 3.8) is 0 Å². The fraction of sp³-hybridized carbons (Fsp3) is 0.381. The Morgan fingerprint density at radius 3 is 2.22 bits per heavy atom. The number of nitrogens with zero attached hydrogens (tertiary/aromatic N) is 1. The standard InChI is InChI=1S/C21H26N2O4/c1-14(2)23(15(3)4)19(24)13-27-20(25)12-22-21(26)18-10-9-16-7-5-6-8-17(16)11-18/h5-11,14-15H,12-13H2,1-4H3,(H,22,26). The molecule has 2 aromatic rings. The first-order valence-electron chi connectivity index (χ1n) is 9.03. The van der Waals surface area contributed by atoms with Crippen LogP contribution in [0.3, 0.4) is 0 Å². The highest BCUT2D eigenvalue weighted by Gasteiger charge is 2.21. The Kier molecular flexibility index (Phi) is 6.93. The van der Waals surface area contributed by atoms with Crippen LogP contribution >= 0.6 is 0 Å². The molecule has 0 bridgehead atoms. The molecule has 0 radical (unpaired) electrons. The smallest absolute Gasteiger partial charge is 0.325 e. The SMILES string of the molecule is CC(C)N(C(=O)COC(=O)CNC(=O)c1ccc2ccccc2c1)C(C)C. The Morgan fingerprint density at radius 1 is 0.963 bits per heavy atom. The number of ether oxygens (including phenoxy) is 1. The van der Waals surface area contributed by atoms with E-state index in [-0.39, 0.29) is 37.0 Å². The van der Waals surface area contributed by atoms with Crippen molar-refractivity contribution in [1.29, 1.82) is 0 Å². The number of esters is 1.